The second-order valence-corrected chi connectivity index (χ2v) is 5.91. The summed E-state index contributed by atoms with van der Waals surface area (Å²) in [4.78, 5) is 13.3. The number of carbonyl (C=O) groups is 1. The summed E-state index contributed by atoms with van der Waals surface area (Å²) in [6.07, 6.45) is 2.13. The third-order valence-corrected chi connectivity index (χ3v) is 4.22. The highest BCUT2D eigenvalue weighted by atomic mass is 79.9. The van der Waals surface area contributed by atoms with Gasteiger partial charge >= 0.3 is 0 Å². The summed E-state index contributed by atoms with van der Waals surface area (Å²) in [5, 5.41) is 0. The number of hydrogen-bond acceptors (Lipinski definition) is 3. The smallest absolute Gasteiger partial charge is 0.152 e. The minimum atomic E-state index is 0.787. The third-order valence-electron chi connectivity index (χ3n) is 2.68. The summed E-state index contributed by atoms with van der Waals surface area (Å²) in [7, 11) is 0. The Bertz CT molecular complexity index is 375. The van der Waals surface area contributed by atoms with Gasteiger partial charge in [0.2, 0.25) is 0 Å². The molecule has 1 saturated heterocycles. The first kappa shape index (κ1) is 12.0. The van der Waals surface area contributed by atoms with Crippen LogP contribution in [0.2, 0.25) is 0 Å². The number of nitrogens with zero attached hydrogens (tertiary/aromatic N) is 1. The van der Waals surface area contributed by atoms with Crippen LogP contribution in [-0.2, 0) is 0 Å². The van der Waals surface area contributed by atoms with Crippen molar-refractivity contribution < 1.29 is 4.79 Å². The van der Waals surface area contributed by atoms with E-state index in [4.69, 9.17) is 0 Å². The van der Waals surface area contributed by atoms with Crippen molar-refractivity contribution in [1.29, 1.82) is 0 Å². The van der Waals surface area contributed by atoms with Gasteiger partial charge in [0.15, 0.2) is 6.29 Å². The van der Waals surface area contributed by atoms with Crippen LogP contribution in [0, 0.1) is 0 Å². The maximum Gasteiger partial charge on any atom is 0.152 e. The van der Waals surface area contributed by atoms with Gasteiger partial charge in [-0.05, 0) is 30.4 Å². The Morgan fingerprint density at radius 1 is 1.31 bits per heavy atom. The molecule has 1 aromatic rings. The number of hydrogen-bond donors (Lipinski definition) is 0. The molecule has 0 aliphatic carbocycles. The molecule has 0 bridgehead atoms. The van der Waals surface area contributed by atoms with Crippen molar-refractivity contribution in [2.75, 3.05) is 29.5 Å². The largest absolute Gasteiger partial charge is 0.370 e. The highest BCUT2D eigenvalue weighted by Crippen LogP contribution is 2.26. The Morgan fingerprint density at radius 2 is 2.19 bits per heavy atom. The highest BCUT2D eigenvalue weighted by Gasteiger charge is 2.13. The van der Waals surface area contributed by atoms with E-state index < -0.39 is 0 Å². The first-order valence-electron chi connectivity index (χ1n) is 5.38. The lowest BCUT2D eigenvalue weighted by molar-refractivity contribution is 0.112. The van der Waals surface area contributed by atoms with Crippen LogP contribution in [0.5, 0.6) is 0 Å². The molecule has 0 saturated carbocycles. The number of carbonyl (C=O) groups excluding carboxylic acids is 1. The third kappa shape index (κ3) is 2.80. The van der Waals surface area contributed by atoms with E-state index in [0.717, 1.165) is 40.9 Å². The van der Waals surface area contributed by atoms with Gasteiger partial charge in [-0.3, -0.25) is 4.79 Å². The van der Waals surface area contributed by atoms with Gasteiger partial charge in [0.1, 0.15) is 0 Å². The van der Waals surface area contributed by atoms with Gasteiger partial charge in [0.05, 0.1) is 0 Å². The van der Waals surface area contributed by atoms with E-state index in [1.165, 1.54) is 12.2 Å². The lowest BCUT2D eigenvalue weighted by Gasteiger charge is -2.24. The van der Waals surface area contributed by atoms with Crippen molar-refractivity contribution in [2.24, 2.45) is 0 Å². The van der Waals surface area contributed by atoms with Gasteiger partial charge in [0.25, 0.3) is 0 Å². The molecule has 0 unspecified atom stereocenters. The molecule has 1 aliphatic rings. The summed E-state index contributed by atoms with van der Waals surface area (Å²) >= 11 is 5.45. The van der Waals surface area contributed by atoms with E-state index in [-0.39, 0.29) is 0 Å². The Balaban J connectivity index is 2.29. The Labute approximate surface area is 109 Å². The number of thioether (sulfide) groups is 1. The van der Waals surface area contributed by atoms with Crippen LogP contribution in [0.15, 0.2) is 22.7 Å². The highest BCUT2D eigenvalue weighted by molar-refractivity contribution is 9.10. The first-order valence-corrected chi connectivity index (χ1v) is 7.33. The van der Waals surface area contributed by atoms with Gasteiger partial charge < -0.3 is 4.90 Å². The quantitative estimate of drug-likeness (QED) is 0.782. The van der Waals surface area contributed by atoms with Gasteiger partial charge in [0, 0.05) is 34.6 Å². The Morgan fingerprint density at radius 3 is 3.00 bits per heavy atom. The second-order valence-electron chi connectivity index (χ2n) is 3.77. The molecule has 1 aliphatic heterocycles. The van der Waals surface area contributed by atoms with E-state index in [9.17, 15) is 4.79 Å². The molecule has 4 heteroatoms. The summed E-state index contributed by atoms with van der Waals surface area (Å²) in [6, 6.07) is 5.84. The molecule has 1 fully saturated rings. The number of anilines is 1. The fourth-order valence-corrected chi connectivity index (χ4v) is 3.11. The van der Waals surface area contributed by atoms with Crippen LogP contribution >= 0.6 is 27.7 Å². The lowest BCUT2D eigenvalue weighted by Crippen LogP contribution is -2.26. The van der Waals surface area contributed by atoms with Crippen molar-refractivity contribution in [3.63, 3.8) is 0 Å². The van der Waals surface area contributed by atoms with Gasteiger partial charge in [-0.1, -0.05) is 15.9 Å². The van der Waals surface area contributed by atoms with Crippen molar-refractivity contribution in [1.82, 2.24) is 0 Å². The van der Waals surface area contributed by atoms with Crippen LogP contribution in [0.25, 0.3) is 0 Å². The molecule has 16 heavy (non-hydrogen) atoms. The SMILES string of the molecule is O=Cc1ccc(Br)cc1N1CCCSCC1. The molecule has 2 rings (SSSR count). The van der Waals surface area contributed by atoms with Crippen molar-refractivity contribution in [3.8, 4) is 0 Å². The van der Waals surface area contributed by atoms with Crippen molar-refractivity contribution in [3.05, 3.63) is 28.2 Å². The zero-order valence-corrected chi connectivity index (χ0v) is 11.4. The molecule has 0 radical (unpaired) electrons. The Hall–Kier alpha value is -0.480. The van der Waals surface area contributed by atoms with E-state index in [1.54, 1.807) is 0 Å². The summed E-state index contributed by atoms with van der Waals surface area (Å²) in [5.74, 6) is 2.37. The average Bonchev–Trinajstić information content (AvgIpc) is 2.57. The molecule has 0 aromatic heterocycles. The van der Waals surface area contributed by atoms with Gasteiger partial charge in [-0.2, -0.15) is 11.8 Å². The standard InChI is InChI=1S/C12H14BrNOS/c13-11-3-2-10(9-15)12(8-11)14-4-1-6-16-7-5-14/h2-3,8-9H,1,4-7H2. The summed E-state index contributed by atoms with van der Waals surface area (Å²) in [6.45, 7) is 2.08. The Kier molecular flexibility index (Phi) is 4.29. The first-order chi connectivity index (χ1) is 7.81. The molecule has 1 aromatic carbocycles. The van der Waals surface area contributed by atoms with E-state index in [0.29, 0.717) is 0 Å². The lowest BCUT2D eigenvalue weighted by atomic mass is 10.1. The molecular formula is C12H14BrNOS. The predicted octanol–water partition coefficient (Wildman–Crippen LogP) is 3.20. The fraction of sp³-hybridized carbons (Fsp3) is 0.417. The van der Waals surface area contributed by atoms with E-state index >= 15 is 0 Å². The van der Waals surface area contributed by atoms with Crippen LogP contribution in [0.4, 0.5) is 5.69 Å². The number of benzene rings is 1. The zero-order chi connectivity index (χ0) is 11.4. The number of halogens is 1. The molecule has 86 valence electrons. The monoisotopic (exact) mass is 299 g/mol. The minimum Gasteiger partial charge on any atom is -0.370 e. The summed E-state index contributed by atoms with van der Waals surface area (Å²) < 4.78 is 1.03. The maximum atomic E-state index is 11.0. The molecule has 0 atom stereocenters. The molecule has 1 heterocycles. The van der Waals surface area contributed by atoms with Crippen LogP contribution < -0.4 is 4.90 Å². The minimum absolute atomic E-state index is 0.787. The molecule has 0 N–H and O–H groups in total. The van der Waals surface area contributed by atoms with Gasteiger partial charge in [-0.25, -0.2) is 0 Å². The number of aldehydes is 1. The normalized spacial score (nSPS) is 16.9. The topological polar surface area (TPSA) is 20.3 Å². The van der Waals surface area contributed by atoms with Crippen molar-refractivity contribution >= 4 is 39.7 Å². The molecule has 0 amide bonds. The maximum absolute atomic E-state index is 11.0. The fourth-order valence-electron chi connectivity index (χ4n) is 1.88. The van der Waals surface area contributed by atoms with Crippen LogP contribution in [0.1, 0.15) is 16.8 Å². The average molecular weight is 300 g/mol. The van der Waals surface area contributed by atoms with E-state index in [1.807, 2.05) is 30.0 Å². The van der Waals surface area contributed by atoms with Crippen LogP contribution in [-0.4, -0.2) is 30.9 Å². The van der Waals surface area contributed by atoms with E-state index in [2.05, 4.69) is 20.8 Å². The zero-order valence-electron chi connectivity index (χ0n) is 8.99. The molecule has 0 spiro atoms. The molecule has 2 nitrogen and oxygen atoms in total. The van der Waals surface area contributed by atoms with Crippen molar-refractivity contribution in [2.45, 2.75) is 6.42 Å². The second kappa shape index (κ2) is 5.73. The molecular weight excluding hydrogens is 286 g/mol. The predicted molar refractivity (Wildman–Crippen MR) is 73.7 cm³/mol. The summed E-state index contributed by atoms with van der Waals surface area (Å²) in [5.41, 5.74) is 1.85. The van der Waals surface area contributed by atoms with Crippen LogP contribution in [0.3, 0.4) is 0 Å². The van der Waals surface area contributed by atoms with Gasteiger partial charge in [-0.15, -0.1) is 0 Å². The number of rotatable bonds is 2.